The molecule has 1 N–H and O–H groups in total. The molecule has 0 saturated heterocycles. The molecule has 0 aromatic heterocycles. The van der Waals surface area contributed by atoms with Crippen LogP contribution in [0.25, 0.3) is 0 Å². The highest BCUT2D eigenvalue weighted by molar-refractivity contribution is 7.90. The Bertz CT molecular complexity index is 233. The molecule has 0 heterocycles. The van der Waals surface area contributed by atoms with E-state index in [9.17, 15) is 8.42 Å². The van der Waals surface area contributed by atoms with Crippen molar-refractivity contribution in [2.24, 2.45) is 5.92 Å². The Morgan fingerprint density at radius 1 is 1.21 bits per heavy atom. The third-order valence-electron chi connectivity index (χ3n) is 2.70. The number of nitrogens with one attached hydrogen (secondary N) is 1. The first-order valence-electron chi connectivity index (χ1n) is 5.31. The third-order valence-corrected chi connectivity index (χ3v) is 3.64. The smallest absolute Gasteiger partial charge is 0.148 e. The van der Waals surface area contributed by atoms with Crippen LogP contribution in [0.5, 0.6) is 0 Å². The molecular weight excluding hydrogens is 198 g/mol. The van der Waals surface area contributed by atoms with E-state index < -0.39 is 9.84 Å². The third kappa shape index (κ3) is 6.38. The van der Waals surface area contributed by atoms with Gasteiger partial charge in [-0.05, 0) is 12.8 Å². The van der Waals surface area contributed by atoms with Crippen molar-refractivity contribution in [1.82, 2.24) is 5.32 Å². The second kappa shape index (κ2) is 6.40. The van der Waals surface area contributed by atoms with Crippen LogP contribution in [0.2, 0.25) is 0 Å². The molecule has 1 unspecified atom stereocenters. The van der Waals surface area contributed by atoms with Crippen LogP contribution >= 0.6 is 0 Å². The van der Waals surface area contributed by atoms with Crippen LogP contribution in [-0.4, -0.2) is 33.0 Å². The maximum absolute atomic E-state index is 10.9. The lowest BCUT2D eigenvalue weighted by molar-refractivity contribution is 0.360. The molecule has 0 aliphatic carbocycles. The maximum atomic E-state index is 10.9. The molecular formula is C10H23NO2S. The monoisotopic (exact) mass is 221 g/mol. The summed E-state index contributed by atoms with van der Waals surface area (Å²) in [6.07, 6.45) is 3.56. The molecule has 4 heteroatoms. The molecule has 0 fully saturated rings. The highest BCUT2D eigenvalue weighted by atomic mass is 32.2. The summed E-state index contributed by atoms with van der Waals surface area (Å²) in [5.74, 6) is 0.881. The van der Waals surface area contributed by atoms with Gasteiger partial charge < -0.3 is 5.32 Å². The fourth-order valence-corrected chi connectivity index (χ4v) is 2.12. The van der Waals surface area contributed by atoms with E-state index in [1.165, 1.54) is 6.26 Å². The summed E-state index contributed by atoms with van der Waals surface area (Å²) in [6.45, 7) is 7.03. The van der Waals surface area contributed by atoms with Crippen LogP contribution < -0.4 is 5.32 Å². The lowest BCUT2D eigenvalue weighted by atomic mass is 9.96. The van der Waals surface area contributed by atoms with Gasteiger partial charge >= 0.3 is 0 Å². The van der Waals surface area contributed by atoms with Gasteiger partial charge in [0, 0.05) is 18.8 Å². The van der Waals surface area contributed by atoms with Crippen molar-refractivity contribution in [3.8, 4) is 0 Å². The number of sulfone groups is 1. The molecule has 0 aliphatic heterocycles. The van der Waals surface area contributed by atoms with Gasteiger partial charge in [0.1, 0.15) is 9.84 Å². The van der Waals surface area contributed by atoms with Gasteiger partial charge in [0.2, 0.25) is 0 Å². The van der Waals surface area contributed by atoms with Crippen molar-refractivity contribution in [2.45, 2.75) is 39.7 Å². The van der Waals surface area contributed by atoms with E-state index in [0.29, 0.717) is 18.5 Å². The zero-order valence-electron chi connectivity index (χ0n) is 9.71. The first-order chi connectivity index (χ1) is 6.40. The number of hydrogen-bond acceptors (Lipinski definition) is 3. The summed E-state index contributed by atoms with van der Waals surface area (Å²) in [5.41, 5.74) is 0. The average Bonchev–Trinajstić information content (AvgIpc) is 2.04. The molecule has 0 aromatic carbocycles. The Morgan fingerprint density at radius 3 is 2.07 bits per heavy atom. The van der Waals surface area contributed by atoms with Crippen molar-refractivity contribution < 1.29 is 8.42 Å². The van der Waals surface area contributed by atoms with Crippen molar-refractivity contribution >= 4 is 9.84 Å². The lowest BCUT2D eigenvalue weighted by Gasteiger charge is -2.22. The van der Waals surface area contributed by atoms with Crippen LogP contribution in [0.4, 0.5) is 0 Å². The first-order valence-corrected chi connectivity index (χ1v) is 7.37. The van der Waals surface area contributed by atoms with Gasteiger partial charge in [-0.1, -0.05) is 26.7 Å². The fraction of sp³-hybridized carbons (Fsp3) is 1.00. The van der Waals surface area contributed by atoms with E-state index >= 15 is 0 Å². The molecule has 0 bridgehead atoms. The van der Waals surface area contributed by atoms with Crippen molar-refractivity contribution in [1.29, 1.82) is 0 Å². The molecule has 3 nitrogen and oxygen atoms in total. The molecule has 0 saturated carbocycles. The average molecular weight is 221 g/mol. The zero-order chi connectivity index (χ0) is 11.2. The summed E-state index contributed by atoms with van der Waals surface area (Å²) in [4.78, 5) is 0. The van der Waals surface area contributed by atoms with E-state index in [1.54, 1.807) is 0 Å². The Hall–Kier alpha value is -0.0900. The van der Waals surface area contributed by atoms with Crippen LogP contribution in [-0.2, 0) is 9.84 Å². The highest BCUT2D eigenvalue weighted by Gasteiger charge is 2.12. The second-order valence-corrected chi connectivity index (χ2v) is 6.21. The molecule has 0 spiro atoms. The van der Waals surface area contributed by atoms with Gasteiger partial charge in [0.25, 0.3) is 0 Å². The Balaban J connectivity index is 3.78. The van der Waals surface area contributed by atoms with Gasteiger partial charge in [0.05, 0.1) is 5.75 Å². The molecule has 86 valence electrons. The molecule has 0 rings (SSSR count). The predicted molar refractivity (Wildman–Crippen MR) is 61.2 cm³/mol. The maximum Gasteiger partial charge on any atom is 0.148 e. The fourth-order valence-electron chi connectivity index (χ4n) is 1.63. The minimum atomic E-state index is -2.82. The molecule has 14 heavy (non-hydrogen) atoms. The Morgan fingerprint density at radius 2 is 1.71 bits per heavy atom. The zero-order valence-corrected chi connectivity index (χ0v) is 10.5. The molecule has 0 radical (unpaired) electrons. The molecule has 1 atom stereocenters. The summed E-state index contributed by atoms with van der Waals surface area (Å²) >= 11 is 0. The van der Waals surface area contributed by atoms with E-state index in [-0.39, 0.29) is 5.75 Å². The lowest BCUT2D eigenvalue weighted by Crippen LogP contribution is -2.36. The molecule has 0 aromatic rings. The van der Waals surface area contributed by atoms with Gasteiger partial charge in [-0.25, -0.2) is 8.42 Å². The Labute approximate surface area is 88.2 Å². The summed E-state index contributed by atoms with van der Waals surface area (Å²) in [6, 6.07) is 0.409. The summed E-state index contributed by atoms with van der Waals surface area (Å²) < 4.78 is 21.8. The van der Waals surface area contributed by atoms with Crippen LogP contribution in [0, 0.1) is 5.92 Å². The topological polar surface area (TPSA) is 46.2 Å². The summed E-state index contributed by atoms with van der Waals surface area (Å²) in [7, 11) is -2.82. The number of rotatable bonds is 7. The van der Waals surface area contributed by atoms with Gasteiger partial charge in [-0.15, -0.1) is 0 Å². The standard InChI is InChI=1S/C10H23NO2S/c1-5-10(6-2)9(3)11-7-8-14(4,12)13/h9-11H,5-8H2,1-4H3. The van der Waals surface area contributed by atoms with Gasteiger partial charge in [0.15, 0.2) is 0 Å². The Kier molecular flexibility index (Phi) is 6.36. The van der Waals surface area contributed by atoms with Crippen LogP contribution in [0.3, 0.4) is 0 Å². The van der Waals surface area contributed by atoms with E-state index in [2.05, 4.69) is 26.1 Å². The summed E-state index contributed by atoms with van der Waals surface area (Å²) in [5, 5.41) is 3.26. The largest absolute Gasteiger partial charge is 0.313 e. The molecule has 0 amide bonds. The van der Waals surface area contributed by atoms with Crippen molar-refractivity contribution in [3.05, 3.63) is 0 Å². The quantitative estimate of drug-likeness (QED) is 0.707. The normalized spacial score (nSPS) is 14.6. The van der Waals surface area contributed by atoms with Crippen molar-refractivity contribution in [3.63, 3.8) is 0 Å². The van der Waals surface area contributed by atoms with Crippen LogP contribution in [0.1, 0.15) is 33.6 Å². The minimum absolute atomic E-state index is 0.234. The van der Waals surface area contributed by atoms with Crippen molar-refractivity contribution in [2.75, 3.05) is 18.6 Å². The first kappa shape index (κ1) is 13.9. The van der Waals surface area contributed by atoms with Crippen LogP contribution in [0.15, 0.2) is 0 Å². The predicted octanol–water partition coefficient (Wildman–Crippen LogP) is 1.45. The van der Waals surface area contributed by atoms with E-state index in [4.69, 9.17) is 0 Å². The van der Waals surface area contributed by atoms with E-state index in [0.717, 1.165) is 12.8 Å². The van der Waals surface area contributed by atoms with Gasteiger partial charge in [-0.3, -0.25) is 0 Å². The minimum Gasteiger partial charge on any atom is -0.313 e. The molecule has 0 aliphatic rings. The highest BCUT2D eigenvalue weighted by Crippen LogP contribution is 2.12. The SMILES string of the molecule is CCC(CC)C(C)NCCS(C)(=O)=O. The number of hydrogen-bond donors (Lipinski definition) is 1. The van der Waals surface area contributed by atoms with Gasteiger partial charge in [-0.2, -0.15) is 0 Å². The second-order valence-electron chi connectivity index (χ2n) is 3.95. The van der Waals surface area contributed by atoms with E-state index in [1.807, 2.05) is 0 Å².